The van der Waals surface area contributed by atoms with Gasteiger partial charge >= 0.3 is 0 Å². The Bertz CT molecular complexity index is 513. The third-order valence-electron chi connectivity index (χ3n) is 3.16. The van der Waals surface area contributed by atoms with Gasteiger partial charge in [0.2, 0.25) is 0 Å². The number of hydrogen-bond acceptors (Lipinski definition) is 5. The molecule has 1 aliphatic rings. The summed E-state index contributed by atoms with van der Waals surface area (Å²) in [7, 11) is 0. The summed E-state index contributed by atoms with van der Waals surface area (Å²) in [5.74, 6) is 0.847. The van der Waals surface area contributed by atoms with Crippen molar-refractivity contribution in [3.05, 3.63) is 29.5 Å². The van der Waals surface area contributed by atoms with Gasteiger partial charge in [0.05, 0.1) is 24.2 Å². The summed E-state index contributed by atoms with van der Waals surface area (Å²) in [6.07, 6.45) is 2.28. The number of hydrogen-bond donors (Lipinski definition) is 0. The van der Waals surface area contributed by atoms with Crippen molar-refractivity contribution in [1.82, 2.24) is 9.88 Å². The summed E-state index contributed by atoms with van der Waals surface area (Å²) in [5, 5.41) is 3.07. The summed E-state index contributed by atoms with van der Waals surface area (Å²) in [5.41, 5.74) is 1.11. The summed E-state index contributed by atoms with van der Waals surface area (Å²) >= 11 is 1.63. The zero-order valence-electron chi connectivity index (χ0n) is 11.2. The van der Waals surface area contributed by atoms with Crippen LogP contribution in [0.15, 0.2) is 28.2 Å². The Balaban J connectivity index is 1.67. The van der Waals surface area contributed by atoms with Gasteiger partial charge in [0.1, 0.15) is 0 Å². The maximum Gasteiger partial charge on any atom is 0.162 e. The maximum absolute atomic E-state index is 5.74. The van der Waals surface area contributed by atoms with Crippen LogP contribution in [0.4, 0.5) is 0 Å². The fraction of sp³-hybridized carbons (Fsp3) is 0.500. The molecule has 2 aromatic heterocycles. The van der Waals surface area contributed by atoms with Crippen LogP contribution in [0.2, 0.25) is 0 Å². The van der Waals surface area contributed by atoms with Crippen LogP contribution in [-0.4, -0.2) is 35.2 Å². The number of nitrogens with zero attached hydrogens (tertiary/aromatic N) is 2. The average molecular weight is 278 g/mol. The van der Waals surface area contributed by atoms with E-state index in [2.05, 4.69) is 29.1 Å². The van der Waals surface area contributed by atoms with Crippen molar-refractivity contribution in [2.24, 2.45) is 0 Å². The van der Waals surface area contributed by atoms with Crippen LogP contribution in [0, 0.1) is 0 Å². The highest BCUT2D eigenvalue weighted by Gasteiger charge is 2.22. The maximum atomic E-state index is 5.74. The molecule has 4 nitrogen and oxygen atoms in total. The molecule has 0 aromatic carbocycles. The van der Waals surface area contributed by atoms with Gasteiger partial charge in [-0.25, -0.2) is 4.98 Å². The second-order valence-electron chi connectivity index (χ2n) is 5.07. The molecule has 0 N–H and O–H groups in total. The lowest BCUT2D eigenvalue weighted by atomic mass is 10.2. The Kier molecular flexibility index (Phi) is 3.68. The number of rotatable bonds is 3. The molecule has 3 rings (SSSR count). The SMILES string of the molecule is CC1CN(Cc2csc(-c3ccco3)n2)CC(C)O1. The van der Waals surface area contributed by atoms with E-state index in [1.54, 1.807) is 17.6 Å². The van der Waals surface area contributed by atoms with Gasteiger partial charge in [0.25, 0.3) is 0 Å². The van der Waals surface area contributed by atoms with Gasteiger partial charge < -0.3 is 9.15 Å². The number of furan rings is 1. The normalized spacial score (nSPS) is 24.7. The zero-order chi connectivity index (χ0) is 13.2. The molecule has 0 aliphatic carbocycles. The minimum Gasteiger partial charge on any atom is -0.462 e. The van der Waals surface area contributed by atoms with Crippen LogP contribution in [-0.2, 0) is 11.3 Å². The Morgan fingerprint density at radius 2 is 2.16 bits per heavy atom. The van der Waals surface area contributed by atoms with Crippen molar-refractivity contribution < 1.29 is 9.15 Å². The lowest BCUT2D eigenvalue weighted by Gasteiger charge is -2.34. The molecule has 2 unspecified atom stereocenters. The first-order valence-corrected chi connectivity index (χ1v) is 7.45. The molecular formula is C14H18N2O2S. The predicted molar refractivity (Wildman–Crippen MR) is 75.1 cm³/mol. The van der Waals surface area contributed by atoms with E-state index in [1.165, 1.54) is 0 Å². The molecule has 0 bridgehead atoms. The Morgan fingerprint density at radius 1 is 1.37 bits per heavy atom. The van der Waals surface area contributed by atoms with Gasteiger partial charge in [0.15, 0.2) is 10.8 Å². The van der Waals surface area contributed by atoms with Crippen LogP contribution in [0.5, 0.6) is 0 Å². The number of ether oxygens (including phenoxy) is 1. The first kappa shape index (κ1) is 12.8. The van der Waals surface area contributed by atoms with E-state index in [4.69, 9.17) is 9.15 Å². The molecule has 0 saturated carbocycles. The molecular weight excluding hydrogens is 260 g/mol. The summed E-state index contributed by atoms with van der Waals surface area (Å²) in [4.78, 5) is 7.04. The molecule has 5 heteroatoms. The van der Waals surface area contributed by atoms with Crippen LogP contribution in [0.1, 0.15) is 19.5 Å². The van der Waals surface area contributed by atoms with E-state index in [0.29, 0.717) is 12.2 Å². The summed E-state index contributed by atoms with van der Waals surface area (Å²) in [6.45, 7) is 7.07. The van der Waals surface area contributed by atoms with Crippen molar-refractivity contribution in [1.29, 1.82) is 0 Å². The van der Waals surface area contributed by atoms with Crippen molar-refractivity contribution in [3.8, 4) is 10.8 Å². The highest BCUT2D eigenvalue weighted by atomic mass is 32.1. The molecule has 0 spiro atoms. The van der Waals surface area contributed by atoms with Crippen molar-refractivity contribution in [3.63, 3.8) is 0 Å². The van der Waals surface area contributed by atoms with Crippen LogP contribution in [0.3, 0.4) is 0 Å². The quantitative estimate of drug-likeness (QED) is 0.865. The molecule has 1 fully saturated rings. The largest absolute Gasteiger partial charge is 0.462 e. The fourth-order valence-corrected chi connectivity index (χ4v) is 3.31. The molecule has 19 heavy (non-hydrogen) atoms. The predicted octanol–water partition coefficient (Wildman–Crippen LogP) is 3.01. The molecule has 0 amide bonds. The lowest BCUT2D eigenvalue weighted by Crippen LogP contribution is -2.44. The van der Waals surface area contributed by atoms with Crippen molar-refractivity contribution in [2.45, 2.75) is 32.6 Å². The highest BCUT2D eigenvalue weighted by Crippen LogP contribution is 2.25. The van der Waals surface area contributed by atoms with Crippen LogP contribution < -0.4 is 0 Å². The van der Waals surface area contributed by atoms with E-state index in [0.717, 1.165) is 36.1 Å². The lowest BCUT2D eigenvalue weighted by molar-refractivity contribution is -0.0707. The summed E-state index contributed by atoms with van der Waals surface area (Å²) < 4.78 is 11.1. The van der Waals surface area contributed by atoms with E-state index in [9.17, 15) is 0 Å². The van der Waals surface area contributed by atoms with Gasteiger partial charge in [0, 0.05) is 25.0 Å². The van der Waals surface area contributed by atoms with E-state index >= 15 is 0 Å². The number of thiazole rings is 1. The second kappa shape index (κ2) is 5.45. The standard InChI is InChI=1S/C14H18N2O2S/c1-10-6-16(7-11(2)18-10)8-12-9-19-14(15-12)13-4-3-5-17-13/h3-5,9-11H,6-8H2,1-2H3. The van der Waals surface area contributed by atoms with Gasteiger partial charge in [-0.1, -0.05) is 0 Å². The van der Waals surface area contributed by atoms with Gasteiger partial charge in [-0.3, -0.25) is 4.90 Å². The first-order valence-electron chi connectivity index (χ1n) is 6.57. The molecule has 1 aliphatic heterocycles. The van der Waals surface area contributed by atoms with E-state index in [-0.39, 0.29) is 0 Å². The molecule has 2 aromatic rings. The van der Waals surface area contributed by atoms with Crippen molar-refractivity contribution >= 4 is 11.3 Å². The second-order valence-corrected chi connectivity index (χ2v) is 5.93. The minimum atomic E-state index is 0.298. The van der Waals surface area contributed by atoms with Gasteiger partial charge in [-0.15, -0.1) is 11.3 Å². The number of aromatic nitrogens is 1. The highest BCUT2D eigenvalue weighted by molar-refractivity contribution is 7.13. The van der Waals surface area contributed by atoms with Gasteiger partial charge in [-0.05, 0) is 26.0 Å². The average Bonchev–Trinajstić information content (AvgIpc) is 2.96. The monoisotopic (exact) mass is 278 g/mol. The smallest absolute Gasteiger partial charge is 0.162 e. The van der Waals surface area contributed by atoms with Crippen molar-refractivity contribution in [2.75, 3.05) is 13.1 Å². The Hall–Kier alpha value is -1.17. The molecule has 1 saturated heterocycles. The molecule has 3 heterocycles. The minimum absolute atomic E-state index is 0.298. The van der Waals surface area contributed by atoms with Crippen LogP contribution in [0.25, 0.3) is 10.8 Å². The Labute approximate surface area is 117 Å². The fourth-order valence-electron chi connectivity index (χ4n) is 2.54. The Morgan fingerprint density at radius 3 is 2.84 bits per heavy atom. The van der Waals surface area contributed by atoms with Gasteiger partial charge in [-0.2, -0.15) is 0 Å². The number of morpholine rings is 1. The zero-order valence-corrected chi connectivity index (χ0v) is 12.0. The van der Waals surface area contributed by atoms with E-state index < -0.39 is 0 Å². The third-order valence-corrected chi connectivity index (χ3v) is 4.07. The van der Waals surface area contributed by atoms with Crippen LogP contribution >= 0.6 is 11.3 Å². The molecule has 0 radical (unpaired) electrons. The third kappa shape index (κ3) is 3.05. The molecule has 102 valence electrons. The summed E-state index contributed by atoms with van der Waals surface area (Å²) in [6, 6.07) is 3.84. The first-order chi connectivity index (χ1) is 9.20. The molecule has 2 atom stereocenters. The topological polar surface area (TPSA) is 38.5 Å². The van der Waals surface area contributed by atoms with E-state index in [1.807, 2.05) is 12.1 Å².